The van der Waals surface area contributed by atoms with E-state index in [1.165, 1.54) is 38.5 Å². The molecule has 4 saturated carbocycles. The second-order valence-electron chi connectivity index (χ2n) is 12.6. The van der Waals surface area contributed by atoms with E-state index >= 15 is 0 Å². The highest BCUT2D eigenvalue weighted by Gasteiger charge is 2.59. The van der Waals surface area contributed by atoms with Crippen molar-refractivity contribution in [3.63, 3.8) is 0 Å². The lowest BCUT2D eigenvalue weighted by molar-refractivity contribution is -0.114. The normalized spacial score (nSPS) is 47.7. The summed E-state index contributed by atoms with van der Waals surface area (Å²) in [4.78, 5) is 0. The molecule has 0 radical (unpaired) electrons. The van der Waals surface area contributed by atoms with Crippen molar-refractivity contribution in [2.45, 2.75) is 125 Å². The lowest BCUT2D eigenvalue weighted by Gasteiger charge is -2.61. The molecule has 0 amide bonds. The smallest absolute Gasteiger partial charge is 0.0264 e. The van der Waals surface area contributed by atoms with Gasteiger partial charge in [0.05, 0.1) is 0 Å². The molecule has 9 atom stereocenters. The molecule has 0 heteroatoms. The van der Waals surface area contributed by atoms with Crippen molar-refractivity contribution in [3.8, 4) is 0 Å². The van der Waals surface area contributed by atoms with Crippen LogP contribution in [0.25, 0.3) is 0 Å². The van der Waals surface area contributed by atoms with Gasteiger partial charge in [0, 0.05) is 0 Å². The third kappa shape index (κ3) is 3.51. The van der Waals surface area contributed by atoms with E-state index in [4.69, 9.17) is 0 Å². The van der Waals surface area contributed by atoms with Gasteiger partial charge in [0.25, 0.3) is 0 Å². The van der Waals surface area contributed by atoms with E-state index in [0.29, 0.717) is 10.8 Å². The van der Waals surface area contributed by atoms with E-state index in [0.717, 1.165) is 41.4 Å². The van der Waals surface area contributed by atoms with Crippen molar-refractivity contribution in [2.24, 2.45) is 52.3 Å². The summed E-state index contributed by atoms with van der Waals surface area (Å²) in [7, 11) is 0. The summed E-state index contributed by atoms with van der Waals surface area (Å²) >= 11 is 0. The van der Waals surface area contributed by atoms with Gasteiger partial charge in [0.2, 0.25) is 0 Å². The van der Waals surface area contributed by atoms with Gasteiger partial charge in [0.1, 0.15) is 0 Å². The van der Waals surface area contributed by atoms with Gasteiger partial charge in [0.15, 0.2) is 0 Å². The van der Waals surface area contributed by atoms with Gasteiger partial charge in [-0.1, -0.05) is 73.1 Å². The Morgan fingerprint density at radius 2 is 1.57 bits per heavy atom. The van der Waals surface area contributed by atoms with Crippen LogP contribution in [0.2, 0.25) is 0 Å². The monoisotopic (exact) mass is 386 g/mol. The van der Waals surface area contributed by atoms with E-state index < -0.39 is 0 Å². The molecule has 0 spiro atoms. The van der Waals surface area contributed by atoms with Crippen molar-refractivity contribution in [1.29, 1.82) is 0 Å². The zero-order valence-corrected chi connectivity index (χ0v) is 19.9. The molecule has 162 valence electrons. The Bertz CT molecular complexity index is 522. The molecule has 4 rings (SSSR count). The van der Waals surface area contributed by atoms with E-state index in [-0.39, 0.29) is 0 Å². The first-order valence-corrected chi connectivity index (χ1v) is 13.4. The van der Waals surface area contributed by atoms with Crippen LogP contribution < -0.4 is 0 Å². The van der Waals surface area contributed by atoms with Crippen LogP contribution in [0.4, 0.5) is 0 Å². The van der Waals surface area contributed by atoms with Gasteiger partial charge in [-0.2, -0.15) is 0 Å². The van der Waals surface area contributed by atoms with Crippen LogP contribution >= 0.6 is 0 Å². The Hall–Kier alpha value is 0. The topological polar surface area (TPSA) is 0 Å². The Morgan fingerprint density at radius 3 is 2.36 bits per heavy atom. The summed E-state index contributed by atoms with van der Waals surface area (Å²) in [6.07, 6.45) is 21.3. The minimum absolute atomic E-state index is 0.675. The first kappa shape index (κ1) is 21.2. The summed E-state index contributed by atoms with van der Waals surface area (Å²) in [5, 5.41) is 0. The summed E-state index contributed by atoms with van der Waals surface area (Å²) in [5.41, 5.74) is 1.39. The first-order valence-electron chi connectivity index (χ1n) is 13.4. The van der Waals surface area contributed by atoms with Crippen molar-refractivity contribution in [2.75, 3.05) is 0 Å². The molecule has 4 aliphatic carbocycles. The Morgan fingerprint density at radius 1 is 0.786 bits per heavy atom. The van der Waals surface area contributed by atoms with Gasteiger partial charge in [-0.25, -0.2) is 0 Å². The summed E-state index contributed by atoms with van der Waals surface area (Å²) < 4.78 is 0. The molecule has 0 nitrogen and oxygen atoms in total. The molecule has 9 unspecified atom stereocenters. The van der Waals surface area contributed by atoms with Crippen LogP contribution in [0, 0.1) is 52.3 Å². The Labute approximate surface area is 177 Å². The second-order valence-corrected chi connectivity index (χ2v) is 12.6. The van der Waals surface area contributed by atoms with E-state index in [1.54, 1.807) is 51.4 Å². The zero-order chi connectivity index (χ0) is 19.9. The minimum Gasteiger partial charge on any atom is -0.0651 e. The summed E-state index contributed by atoms with van der Waals surface area (Å²) in [5.74, 6) is 7.20. The van der Waals surface area contributed by atoms with Crippen LogP contribution in [0.5, 0.6) is 0 Å². The van der Waals surface area contributed by atoms with Gasteiger partial charge < -0.3 is 0 Å². The lowest BCUT2D eigenvalue weighted by atomic mass is 9.44. The fourth-order valence-corrected chi connectivity index (χ4v) is 9.46. The van der Waals surface area contributed by atoms with Gasteiger partial charge in [-0.15, -0.1) is 0 Å². The molecule has 0 saturated heterocycles. The Kier molecular flexibility index (Phi) is 6.27. The first-order chi connectivity index (χ1) is 13.4. The maximum atomic E-state index is 2.76. The zero-order valence-electron chi connectivity index (χ0n) is 19.9. The predicted molar refractivity (Wildman–Crippen MR) is 122 cm³/mol. The molecule has 0 aromatic rings. The van der Waals surface area contributed by atoms with Crippen molar-refractivity contribution in [1.82, 2.24) is 0 Å². The number of hydrogen-bond acceptors (Lipinski definition) is 0. The van der Waals surface area contributed by atoms with Crippen LogP contribution in [-0.4, -0.2) is 0 Å². The van der Waals surface area contributed by atoms with Crippen LogP contribution in [0.15, 0.2) is 0 Å². The maximum absolute atomic E-state index is 2.76. The number of rotatable bonds is 6. The minimum atomic E-state index is 0.675. The molecular formula is C28H50. The third-order valence-electron chi connectivity index (χ3n) is 11.4. The second kappa shape index (κ2) is 8.26. The molecule has 0 N–H and O–H groups in total. The SMILES string of the molecule is CCC(C)CCCC(C)C1CCC2C3CCC4CCCCC4(C)C3CCC12C. The predicted octanol–water partition coefficient (Wildman–Crippen LogP) is 8.89. The maximum Gasteiger partial charge on any atom is -0.0264 e. The average Bonchev–Trinajstić information content (AvgIpc) is 3.04. The molecule has 0 aliphatic heterocycles. The number of hydrogen-bond donors (Lipinski definition) is 0. The highest BCUT2D eigenvalue weighted by atomic mass is 14.6. The van der Waals surface area contributed by atoms with E-state index in [1.807, 2.05) is 0 Å². The third-order valence-corrected chi connectivity index (χ3v) is 11.4. The van der Waals surface area contributed by atoms with Crippen molar-refractivity contribution < 1.29 is 0 Å². The summed E-state index contributed by atoms with van der Waals surface area (Å²) in [6, 6.07) is 0. The van der Waals surface area contributed by atoms with Crippen molar-refractivity contribution >= 4 is 0 Å². The van der Waals surface area contributed by atoms with Crippen LogP contribution in [0.3, 0.4) is 0 Å². The standard InChI is InChI=1S/C28H50/c1-6-20(2)10-9-11-21(3)24-15-16-25-23-14-13-22-12-7-8-18-27(22,4)26(23)17-19-28(24,25)5/h20-26H,6-19H2,1-5H3. The van der Waals surface area contributed by atoms with Gasteiger partial charge >= 0.3 is 0 Å². The largest absolute Gasteiger partial charge is 0.0651 e. The van der Waals surface area contributed by atoms with Crippen LogP contribution in [0.1, 0.15) is 125 Å². The quantitative estimate of drug-likeness (QED) is 0.427. The van der Waals surface area contributed by atoms with E-state index in [2.05, 4.69) is 34.6 Å². The number of fused-ring (bicyclic) bond motifs is 5. The Balaban J connectivity index is 1.43. The average molecular weight is 387 g/mol. The fraction of sp³-hybridized carbons (Fsp3) is 1.00. The molecule has 4 aliphatic rings. The molecule has 0 aromatic carbocycles. The lowest BCUT2D eigenvalue weighted by Crippen LogP contribution is -2.53. The highest BCUT2D eigenvalue weighted by Crippen LogP contribution is 2.68. The molecule has 4 fully saturated rings. The fourth-order valence-electron chi connectivity index (χ4n) is 9.46. The van der Waals surface area contributed by atoms with Crippen molar-refractivity contribution in [3.05, 3.63) is 0 Å². The molecule has 28 heavy (non-hydrogen) atoms. The molecule has 0 bridgehead atoms. The summed E-state index contributed by atoms with van der Waals surface area (Å²) in [6.45, 7) is 12.9. The molecular weight excluding hydrogens is 336 g/mol. The molecule has 0 heterocycles. The van der Waals surface area contributed by atoms with Gasteiger partial charge in [-0.3, -0.25) is 0 Å². The van der Waals surface area contributed by atoms with Crippen LogP contribution in [-0.2, 0) is 0 Å². The van der Waals surface area contributed by atoms with E-state index in [9.17, 15) is 0 Å². The van der Waals surface area contributed by atoms with Gasteiger partial charge in [-0.05, 0) is 104 Å². The molecule has 0 aromatic heterocycles. The highest BCUT2D eigenvalue weighted by molar-refractivity contribution is 5.09.